The zero-order valence-electron chi connectivity index (χ0n) is 34.2. The Kier molecular flexibility index (Phi) is 25.2. The van der Waals surface area contributed by atoms with Crippen LogP contribution in [0.25, 0.3) is 22.5 Å². The van der Waals surface area contributed by atoms with Crippen molar-refractivity contribution in [1.82, 2.24) is 30.2 Å². The average Bonchev–Trinajstić information content (AvgIpc) is 3.22. The van der Waals surface area contributed by atoms with Crippen molar-refractivity contribution in [1.29, 1.82) is 0 Å². The first-order valence-electron chi connectivity index (χ1n) is 19.1. The van der Waals surface area contributed by atoms with Gasteiger partial charge in [0.15, 0.2) is 10.3 Å². The lowest BCUT2D eigenvalue weighted by Gasteiger charge is -2.19. The summed E-state index contributed by atoms with van der Waals surface area (Å²) in [5.74, 6) is -0.537. The smallest absolute Gasteiger partial charge is 0.308 e. The molecule has 0 atom stereocenters. The van der Waals surface area contributed by atoms with Crippen molar-refractivity contribution in [2.45, 2.75) is 43.1 Å². The second-order valence-electron chi connectivity index (χ2n) is 13.0. The maximum atomic E-state index is 13.1. The Morgan fingerprint density at radius 3 is 1.24 bits per heavy atom. The third-order valence-corrected chi connectivity index (χ3v) is 8.46. The number of amides is 1. The van der Waals surface area contributed by atoms with Crippen molar-refractivity contribution < 1.29 is 52.2 Å². The third-order valence-electron chi connectivity index (χ3n) is 7.31. The molecular formula is C39H58N6O11S2. The van der Waals surface area contributed by atoms with Crippen molar-refractivity contribution in [3.05, 3.63) is 42.5 Å². The molecule has 58 heavy (non-hydrogen) atoms. The van der Waals surface area contributed by atoms with Gasteiger partial charge in [0.05, 0.1) is 124 Å². The first kappa shape index (κ1) is 49.0. The first-order valence-corrected chi connectivity index (χ1v) is 21.5. The van der Waals surface area contributed by atoms with E-state index in [9.17, 15) is 9.59 Å². The van der Waals surface area contributed by atoms with Gasteiger partial charge in [-0.2, -0.15) is 0 Å². The van der Waals surface area contributed by atoms with Crippen molar-refractivity contribution in [3.8, 4) is 22.5 Å². The van der Waals surface area contributed by atoms with E-state index < -0.39 is 5.60 Å². The maximum absolute atomic E-state index is 13.1. The molecule has 0 aromatic carbocycles. The highest BCUT2D eigenvalue weighted by Crippen LogP contribution is 2.25. The first-order chi connectivity index (χ1) is 28.2. The quantitative estimate of drug-likeness (QED) is 0.0409. The molecule has 0 aliphatic carbocycles. The monoisotopic (exact) mass is 850 g/mol. The second kappa shape index (κ2) is 29.8. The highest BCUT2D eigenvalue weighted by Gasteiger charge is 2.16. The van der Waals surface area contributed by atoms with Crippen LogP contribution in [0.4, 0.5) is 0 Å². The molecule has 17 nitrogen and oxygen atoms in total. The number of hydrogen-bond donors (Lipinski definition) is 1. The van der Waals surface area contributed by atoms with Crippen molar-refractivity contribution in [3.63, 3.8) is 0 Å². The van der Waals surface area contributed by atoms with Crippen molar-refractivity contribution in [2.75, 3.05) is 125 Å². The Morgan fingerprint density at radius 1 is 0.552 bits per heavy atom. The minimum Gasteiger partial charge on any atom is -0.460 e. The van der Waals surface area contributed by atoms with E-state index in [1.807, 2.05) is 33.3 Å². The van der Waals surface area contributed by atoms with Gasteiger partial charge in [0.2, 0.25) is 0 Å². The summed E-state index contributed by atoms with van der Waals surface area (Å²) in [6.07, 6.45) is 10.8. The van der Waals surface area contributed by atoms with E-state index in [-0.39, 0.29) is 18.3 Å². The summed E-state index contributed by atoms with van der Waals surface area (Å²) in [6, 6.07) is 3.42. The van der Waals surface area contributed by atoms with E-state index in [1.165, 1.54) is 23.5 Å². The number of hydrogen-bond acceptors (Lipinski definition) is 18. The van der Waals surface area contributed by atoms with E-state index in [0.717, 1.165) is 0 Å². The molecule has 3 heterocycles. The third kappa shape index (κ3) is 22.1. The van der Waals surface area contributed by atoms with E-state index >= 15 is 0 Å². The fourth-order valence-corrected chi connectivity index (χ4v) is 5.23. The topological polar surface area (TPSA) is 194 Å². The largest absolute Gasteiger partial charge is 0.460 e. The average molecular weight is 851 g/mol. The van der Waals surface area contributed by atoms with Crippen molar-refractivity contribution in [2.24, 2.45) is 0 Å². The Hall–Kier alpha value is -3.37. The van der Waals surface area contributed by atoms with Crippen LogP contribution in [0.15, 0.2) is 47.2 Å². The number of ether oxygens (including phenoxy) is 9. The number of thioether (sulfide) groups is 2. The Morgan fingerprint density at radius 2 is 0.897 bits per heavy atom. The second-order valence-corrected chi connectivity index (χ2v) is 14.6. The lowest BCUT2D eigenvalue weighted by molar-refractivity contribution is -0.156. The Balaban J connectivity index is 1.12. The van der Waals surface area contributed by atoms with Crippen LogP contribution < -0.4 is 5.32 Å². The molecule has 0 fully saturated rings. The summed E-state index contributed by atoms with van der Waals surface area (Å²) < 4.78 is 49.2. The normalized spacial score (nSPS) is 11.5. The highest BCUT2D eigenvalue weighted by molar-refractivity contribution is 7.98. The molecule has 1 amide bonds. The van der Waals surface area contributed by atoms with Gasteiger partial charge in [0.1, 0.15) is 5.60 Å². The lowest BCUT2D eigenvalue weighted by Crippen LogP contribution is -2.28. The molecule has 1 N–H and O–H groups in total. The molecule has 3 rings (SSSR count). The van der Waals surface area contributed by atoms with Crippen LogP contribution in [0.3, 0.4) is 0 Å². The number of pyridine rings is 1. The molecule has 0 spiro atoms. The molecule has 0 aliphatic rings. The predicted molar refractivity (Wildman–Crippen MR) is 219 cm³/mol. The van der Waals surface area contributed by atoms with Crippen LogP contribution in [0, 0.1) is 0 Å². The zero-order valence-corrected chi connectivity index (χ0v) is 35.9. The minimum absolute atomic E-state index is 0.221. The number of carbonyl (C=O) groups excluding carboxylic acids is 2. The van der Waals surface area contributed by atoms with Crippen molar-refractivity contribution >= 4 is 35.4 Å². The molecule has 3 aromatic rings. The van der Waals surface area contributed by atoms with Gasteiger partial charge in [0.25, 0.3) is 5.91 Å². The molecule has 0 aliphatic heterocycles. The van der Waals surface area contributed by atoms with Crippen LogP contribution in [-0.4, -0.2) is 167 Å². The summed E-state index contributed by atoms with van der Waals surface area (Å²) in [5.41, 5.74) is 2.44. The number of esters is 1. The molecular weight excluding hydrogens is 793 g/mol. The molecule has 3 aromatic heterocycles. The molecule has 0 radical (unpaired) electrons. The van der Waals surface area contributed by atoms with E-state index in [4.69, 9.17) is 47.6 Å². The van der Waals surface area contributed by atoms with Crippen LogP contribution in [0.1, 0.15) is 37.6 Å². The standard InChI is InChI=1S/C39H58N6O11S2/c1-39(2,3)56-35(46)6-8-48-10-12-50-14-16-52-18-20-54-22-23-55-21-19-53-17-15-51-13-11-49-9-7-40-36(47)30-24-33(31-26-41-37(57-4)42-27-31)45-34(25-30)32-28-43-38(58-5)44-29-32/h24-29H,6-23H2,1-5H3,(H,40,47). The van der Waals surface area contributed by atoms with Crippen LogP contribution in [0.5, 0.6) is 0 Å². The fraction of sp³-hybridized carbons (Fsp3) is 0.615. The summed E-state index contributed by atoms with van der Waals surface area (Å²) >= 11 is 2.89. The molecule has 322 valence electrons. The van der Waals surface area contributed by atoms with Crippen LogP contribution in [0.2, 0.25) is 0 Å². The van der Waals surface area contributed by atoms with Gasteiger partial charge in [-0.05, 0) is 45.4 Å². The Bertz CT molecular complexity index is 1510. The maximum Gasteiger partial charge on any atom is 0.308 e. The van der Waals surface area contributed by atoms with Crippen LogP contribution >= 0.6 is 23.5 Å². The fourth-order valence-electron chi connectivity index (χ4n) is 4.59. The number of carbonyl (C=O) groups is 2. The number of aromatic nitrogens is 5. The number of nitrogens with zero attached hydrogens (tertiary/aromatic N) is 5. The van der Waals surface area contributed by atoms with Gasteiger partial charge >= 0.3 is 5.97 Å². The van der Waals surface area contributed by atoms with Gasteiger partial charge < -0.3 is 47.9 Å². The molecule has 0 bridgehead atoms. The minimum atomic E-state index is -0.485. The SMILES string of the molecule is CSc1ncc(-c2cc(C(=O)NCCOCCOCCOCCOCCOCCOCCOCCOCCC(=O)OC(C)(C)C)cc(-c3cnc(SC)nc3)n2)cn1. The molecule has 19 heteroatoms. The number of rotatable bonds is 32. The molecule has 0 unspecified atom stereocenters. The van der Waals surface area contributed by atoms with Gasteiger partial charge in [-0.25, -0.2) is 24.9 Å². The van der Waals surface area contributed by atoms with E-state index in [0.29, 0.717) is 151 Å². The summed E-state index contributed by atoms with van der Waals surface area (Å²) in [7, 11) is 0. The van der Waals surface area contributed by atoms with Crippen LogP contribution in [-0.2, 0) is 47.4 Å². The molecule has 0 saturated heterocycles. The van der Waals surface area contributed by atoms with Gasteiger partial charge in [0, 0.05) is 48.0 Å². The predicted octanol–water partition coefficient (Wildman–Crippen LogP) is 4.03. The van der Waals surface area contributed by atoms with Gasteiger partial charge in [-0.3, -0.25) is 9.59 Å². The van der Waals surface area contributed by atoms with E-state index in [1.54, 1.807) is 36.9 Å². The van der Waals surface area contributed by atoms with E-state index in [2.05, 4.69) is 25.3 Å². The zero-order chi connectivity index (χ0) is 41.7. The highest BCUT2D eigenvalue weighted by atomic mass is 32.2. The summed E-state index contributed by atoms with van der Waals surface area (Å²) in [6.45, 7) is 12.6. The lowest BCUT2D eigenvalue weighted by atomic mass is 10.1. The molecule has 0 saturated carbocycles. The van der Waals surface area contributed by atoms with Gasteiger partial charge in [-0.1, -0.05) is 23.5 Å². The summed E-state index contributed by atoms with van der Waals surface area (Å²) in [4.78, 5) is 46.9. The number of nitrogens with one attached hydrogen (secondary N) is 1. The summed E-state index contributed by atoms with van der Waals surface area (Å²) in [5, 5.41) is 4.19. The Labute approximate surface area is 349 Å². The van der Waals surface area contributed by atoms with Gasteiger partial charge in [-0.15, -0.1) is 0 Å².